The van der Waals surface area contributed by atoms with Crippen molar-refractivity contribution in [3.05, 3.63) is 23.8 Å². The maximum absolute atomic E-state index is 13.3. The zero-order valence-electron chi connectivity index (χ0n) is 30.9. The minimum absolute atomic E-state index is 0.0292. The summed E-state index contributed by atoms with van der Waals surface area (Å²) in [6.45, 7) is 14.6. The molecule has 2 aliphatic heterocycles. The van der Waals surface area contributed by atoms with Crippen molar-refractivity contribution in [3.8, 4) is 0 Å². The first-order chi connectivity index (χ1) is 22.9. The van der Waals surface area contributed by atoms with E-state index in [-0.39, 0.29) is 24.7 Å². The summed E-state index contributed by atoms with van der Waals surface area (Å²) in [5, 5.41) is 11.4. The number of cyclic esters (lactones) is 1. The van der Waals surface area contributed by atoms with Crippen molar-refractivity contribution in [2.75, 3.05) is 20.7 Å². The molecule has 1 fully saturated rings. The smallest absolute Gasteiger partial charge is 0.308 e. The summed E-state index contributed by atoms with van der Waals surface area (Å²) in [5.74, 6) is -4.32. The summed E-state index contributed by atoms with van der Waals surface area (Å²) in [6.07, 6.45) is -0.921. The van der Waals surface area contributed by atoms with Crippen LogP contribution in [-0.2, 0) is 52.4 Å². The van der Waals surface area contributed by atoms with Crippen molar-refractivity contribution < 1.29 is 57.5 Å². The molecule has 1 N–H and O–H groups in total. The fourth-order valence-electron chi connectivity index (χ4n) is 6.62. The molecule has 12 atom stereocenters. The van der Waals surface area contributed by atoms with Gasteiger partial charge in [0.2, 0.25) is 0 Å². The predicted octanol–water partition coefficient (Wildman–Crippen LogP) is 3.55. The SMILES string of the molecule is CCC1OC(=O)C[C@@H](O)[C@H](C)[C@@H](OC2OC(C)C(OC(C)=O)C(N(C)C)C2OC(C)=O)[C@@H](C)C[C@@H](C)C(=O)C=CC(C)=CC1COC(C)=O. The molecule has 13 heteroatoms. The number of aliphatic hydroxyl groups excluding tert-OH is 1. The summed E-state index contributed by atoms with van der Waals surface area (Å²) in [5.41, 5.74) is 0.727. The Morgan fingerprint density at radius 1 is 0.939 bits per heavy atom. The second kappa shape index (κ2) is 19.3. The highest BCUT2D eigenvalue weighted by Crippen LogP contribution is 2.35. The molecule has 0 bridgehead atoms. The van der Waals surface area contributed by atoms with E-state index in [0.717, 1.165) is 5.57 Å². The molecule has 0 aromatic heterocycles. The molecule has 2 heterocycles. The Morgan fingerprint density at radius 2 is 1.55 bits per heavy atom. The quantitative estimate of drug-likeness (QED) is 0.290. The average Bonchev–Trinajstić information content (AvgIpc) is 2.99. The van der Waals surface area contributed by atoms with E-state index in [0.29, 0.717) is 12.8 Å². The van der Waals surface area contributed by atoms with Gasteiger partial charge < -0.3 is 33.5 Å². The van der Waals surface area contributed by atoms with Crippen molar-refractivity contribution in [1.29, 1.82) is 0 Å². The maximum Gasteiger partial charge on any atom is 0.308 e. The van der Waals surface area contributed by atoms with Crippen molar-refractivity contribution in [2.24, 2.45) is 23.7 Å². The first kappa shape index (κ1) is 42.0. The van der Waals surface area contributed by atoms with Crippen LogP contribution < -0.4 is 0 Å². The number of esters is 4. The van der Waals surface area contributed by atoms with Gasteiger partial charge in [-0.2, -0.15) is 0 Å². The van der Waals surface area contributed by atoms with Crippen LogP contribution in [0.2, 0.25) is 0 Å². The Kier molecular flexibility index (Phi) is 16.6. The number of hydrogen-bond acceptors (Lipinski definition) is 13. The molecule has 0 aromatic carbocycles. The normalized spacial score (nSPS) is 35.2. The average molecular weight is 696 g/mol. The second-order valence-electron chi connectivity index (χ2n) is 13.7. The zero-order chi connectivity index (χ0) is 37.2. The minimum Gasteiger partial charge on any atom is -0.465 e. The number of likely N-dealkylation sites (N-methyl/N-ethyl adjacent to an activating group) is 1. The van der Waals surface area contributed by atoms with Crippen molar-refractivity contribution in [2.45, 2.75) is 131 Å². The summed E-state index contributed by atoms with van der Waals surface area (Å²) in [7, 11) is 3.52. The van der Waals surface area contributed by atoms with Gasteiger partial charge in [0, 0.05) is 38.5 Å². The summed E-state index contributed by atoms with van der Waals surface area (Å²) in [4.78, 5) is 64.3. The van der Waals surface area contributed by atoms with Crippen LogP contribution in [-0.4, -0.2) is 109 Å². The number of allylic oxidation sites excluding steroid dienone is 3. The van der Waals surface area contributed by atoms with Gasteiger partial charge in [-0.05, 0) is 52.8 Å². The van der Waals surface area contributed by atoms with Gasteiger partial charge in [-0.1, -0.05) is 45.4 Å². The lowest BCUT2D eigenvalue weighted by Crippen LogP contribution is -2.65. The van der Waals surface area contributed by atoms with Gasteiger partial charge in [-0.25, -0.2) is 0 Å². The molecule has 0 aliphatic carbocycles. The predicted molar refractivity (Wildman–Crippen MR) is 179 cm³/mol. The number of ketones is 1. The van der Waals surface area contributed by atoms with E-state index in [1.807, 2.05) is 33.8 Å². The third-order valence-corrected chi connectivity index (χ3v) is 9.15. The molecule has 0 radical (unpaired) electrons. The lowest BCUT2D eigenvalue weighted by molar-refractivity contribution is -0.307. The Hall–Kier alpha value is -3.13. The molecule has 278 valence electrons. The molecule has 0 saturated carbocycles. The van der Waals surface area contributed by atoms with Crippen LogP contribution in [0, 0.1) is 23.7 Å². The van der Waals surface area contributed by atoms with Crippen LogP contribution in [0.25, 0.3) is 0 Å². The topological polar surface area (TPSA) is 164 Å². The number of carbonyl (C=O) groups is 5. The van der Waals surface area contributed by atoms with Gasteiger partial charge in [0.1, 0.15) is 18.8 Å². The highest BCUT2D eigenvalue weighted by molar-refractivity contribution is 5.91. The molecule has 13 nitrogen and oxygen atoms in total. The molecule has 49 heavy (non-hydrogen) atoms. The number of nitrogens with zero attached hydrogens (tertiary/aromatic N) is 1. The largest absolute Gasteiger partial charge is 0.465 e. The van der Waals surface area contributed by atoms with Crippen LogP contribution in [0.3, 0.4) is 0 Å². The molecule has 0 spiro atoms. The summed E-state index contributed by atoms with van der Waals surface area (Å²) >= 11 is 0. The Bertz CT molecular complexity index is 1210. The number of hydrogen-bond donors (Lipinski definition) is 1. The highest BCUT2D eigenvalue weighted by atomic mass is 16.7. The molecule has 0 aromatic rings. The highest BCUT2D eigenvalue weighted by Gasteiger charge is 2.51. The van der Waals surface area contributed by atoms with E-state index in [9.17, 15) is 29.1 Å². The number of rotatable bonds is 8. The second-order valence-corrected chi connectivity index (χ2v) is 13.7. The van der Waals surface area contributed by atoms with Gasteiger partial charge in [-0.3, -0.25) is 28.9 Å². The van der Waals surface area contributed by atoms with Crippen LogP contribution in [0.4, 0.5) is 0 Å². The zero-order valence-corrected chi connectivity index (χ0v) is 30.9. The van der Waals surface area contributed by atoms with E-state index in [1.54, 1.807) is 38.9 Å². The van der Waals surface area contributed by atoms with E-state index in [2.05, 4.69) is 0 Å². The van der Waals surface area contributed by atoms with Gasteiger partial charge in [0.05, 0.1) is 30.8 Å². The Balaban J connectivity index is 2.54. The van der Waals surface area contributed by atoms with Crippen LogP contribution in [0.15, 0.2) is 23.8 Å². The first-order valence-electron chi connectivity index (χ1n) is 17.1. The Labute approximate surface area is 290 Å². The lowest BCUT2D eigenvalue weighted by atomic mass is 9.82. The van der Waals surface area contributed by atoms with Crippen molar-refractivity contribution in [1.82, 2.24) is 4.90 Å². The summed E-state index contributed by atoms with van der Waals surface area (Å²) in [6, 6.07) is -0.647. The number of aliphatic hydroxyl groups is 1. The Morgan fingerprint density at radius 3 is 2.10 bits per heavy atom. The van der Waals surface area contributed by atoms with E-state index in [4.69, 9.17) is 28.4 Å². The maximum atomic E-state index is 13.3. The third kappa shape index (κ3) is 12.6. The van der Waals surface area contributed by atoms with E-state index in [1.165, 1.54) is 26.8 Å². The monoisotopic (exact) mass is 695 g/mol. The molecule has 7 unspecified atom stereocenters. The van der Waals surface area contributed by atoms with Gasteiger partial charge in [0.15, 0.2) is 18.2 Å². The van der Waals surface area contributed by atoms with Gasteiger partial charge >= 0.3 is 23.9 Å². The molecule has 2 rings (SSSR count). The third-order valence-electron chi connectivity index (χ3n) is 9.15. The fraction of sp³-hybridized carbons (Fsp3) is 0.750. The van der Waals surface area contributed by atoms with Crippen molar-refractivity contribution >= 4 is 29.7 Å². The molecule has 0 amide bonds. The molecule has 2 aliphatic rings. The number of carbonyl (C=O) groups excluding carboxylic acids is 5. The van der Waals surface area contributed by atoms with E-state index < -0.39 is 90.6 Å². The van der Waals surface area contributed by atoms with Crippen LogP contribution >= 0.6 is 0 Å². The molecular weight excluding hydrogens is 638 g/mol. The molecule has 1 saturated heterocycles. The van der Waals surface area contributed by atoms with E-state index >= 15 is 0 Å². The number of ether oxygens (including phenoxy) is 6. The van der Waals surface area contributed by atoms with Gasteiger partial charge in [-0.15, -0.1) is 0 Å². The van der Waals surface area contributed by atoms with Gasteiger partial charge in [0.25, 0.3) is 0 Å². The van der Waals surface area contributed by atoms with Crippen LogP contribution in [0.1, 0.15) is 81.6 Å². The lowest BCUT2D eigenvalue weighted by Gasteiger charge is -2.48. The standard InChI is InChI=1S/C36H57NO12/c1-12-30-27(18-44-24(7)38)15-19(2)13-14-28(41)20(3)16-21(4)33(22(5)29(42)17-31(43)48-30)49-36-35(47-26(9)40)32(37(10)11)34(23(6)45-36)46-25(8)39/h13-15,20-23,27,29-30,32-36,42H,12,16-18H2,1-11H3/t20-,21+,22+,23?,27?,29-,30?,32?,33+,34?,35?,36?/m1/s1. The summed E-state index contributed by atoms with van der Waals surface area (Å²) < 4.78 is 35.3. The fourth-order valence-corrected chi connectivity index (χ4v) is 6.62. The minimum atomic E-state index is -1.23. The van der Waals surface area contributed by atoms with Crippen molar-refractivity contribution in [3.63, 3.8) is 0 Å². The first-order valence-corrected chi connectivity index (χ1v) is 17.1. The van der Waals surface area contributed by atoms with Crippen LogP contribution in [0.5, 0.6) is 0 Å². The molecular formula is C36H57NO12.